The van der Waals surface area contributed by atoms with Gasteiger partial charge in [0.15, 0.2) is 16.7 Å². The van der Waals surface area contributed by atoms with Gasteiger partial charge in [0.05, 0.1) is 6.33 Å². The van der Waals surface area contributed by atoms with Crippen molar-refractivity contribution in [3.63, 3.8) is 0 Å². The summed E-state index contributed by atoms with van der Waals surface area (Å²) in [6.07, 6.45) is 1.67. The summed E-state index contributed by atoms with van der Waals surface area (Å²) in [5.74, 6) is -3.45. The molecule has 0 bridgehead atoms. The second-order valence-electron chi connectivity index (χ2n) is 5.48. The number of nitrogens with zero attached hydrogens (tertiary/aromatic N) is 4. The summed E-state index contributed by atoms with van der Waals surface area (Å²) in [6.45, 7) is 3.29. The third-order valence-corrected chi connectivity index (χ3v) is 3.75. The fourth-order valence-corrected chi connectivity index (χ4v) is 2.72. The number of carbonyl (C=O) groups excluding carboxylic acids is 2. The standard InChI is InChI=1S/C13H12Cl2N4O4.K/c1-13(2)22-10(20)6(11(21)23-13)3-4-19-5-16-7-8(14)17-12(15)18-9(7)19;/h5-6H,3-4H2,1-2H3;. The summed E-state index contributed by atoms with van der Waals surface area (Å²) in [6, 6.07) is 0. The van der Waals surface area contributed by atoms with Crippen molar-refractivity contribution in [2.75, 3.05) is 0 Å². The second kappa shape index (κ2) is 7.52. The van der Waals surface area contributed by atoms with Crippen molar-refractivity contribution in [3.05, 3.63) is 16.8 Å². The van der Waals surface area contributed by atoms with Crippen LogP contribution in [0.5, 0.6) is 0 Å². The number of cyclic esters (lactones) is 2. The molecule has 1 saturated heterocycles. The molecule has 123 valence electrons. The van der Waals surface area contributed by atoms with Crippen LogP contribution in [0.4, 0.5) is 0 Å². The number of aromatic nitrogens is 4. The van der Waals surface area contributed by atoms with Crippen molar-refractivity contribution in [1.29, 1.82) is 0 Å². The molecule has 3 heterocycles. The van der Waals surface area contributed by atoms with E-state index in [1.165, 1.54) is 20.2 Å². The molecule has 0 unspecified atom stereocenters. The van der Waals surface area contributed by atoms with Gasteiger partial charge in [-0.1, -0.05) is 11.6 Å². The van der Waals surface area contributed by atoms with E-state index in [0.29, 0.717) is 11.2 Å². The number of hydrogen-bond donors (Lipinski definition) is 0. The number of hydrogen-bond acceptors (Lipinski definition) is 7. The molecule has 2 aromatic rings. The van der Waals surface area contributed by atoms with Crippen LogP contribution in [0.2, 0.25) is 10.4 Å². The number of esters is 2. The number of imidazole rings is 1. The van der Waals surface area contributed by atoms with Crippen LogP contribution in [0, 0.1) is 5.92 Å². The van der Waals surface area contributed by atoms with E-state index in [9.17, 15) is 9.59 Å². The third-order valence-electron chi connectivity index (χ3n) is 3.31. The molecule has 8 nitrogen and oxygen atoms in total. The molecule has 1 radical (unpaired) electrons. The van der Waals surface area contributed by atoms with Gasteiger partial charge < -0.3 is 14.0 Å². The molecule has 3 rings (SSSR count). The van der Waals surface area contributed by atoms with Crippen LogP contribution in [0.25, 0.3) is 11.2 Å². The van der Waals surface area contributed by atoms with Gasteiger partial charge in [0.2, 0.25) is 5.28 Å². The van der Waals surface area contributed by atoms with Gasteiger partial charge in [-0.25, -0.2) is 9.97 Å². The molecule has 0 amide bonds. The molecule has 1 fully saturated rings. The molecule has 1 aliphatic rings. The van der Waals surface area contributed by atoms with Crippen molar-refractivity contribution in [1.82, 2.24) is 19.5 Å². The topological polar surface area (TPSA) is 96.2 Å². The van der Waals surface area contributed by atoms with Crippen molar-refractivity contribution >= 4 is 97.7 Å². The summed E-state index contributed by atoms with van der Waals surface area (Å²) in [5, 5.41) is 0.125. The van der Waals surface area contributed by atoms with Gasteiger partial charge >= 0.3 is 11.9 Å². The Hall–Kier alpha value is -0.294. The molecule has 1 aliphatic heterocycles. The second-order valence-corrected chi connectivity index (χ2v) is 6.17. The Morgan fingerprint density at radius 3 is 2.46 bits per heavy atom. The summed E-state index contributed by atoms with van der Waals surface area (Å²) in [5.41, 5.74) is 0.818. The molecule has 0 aliphatic carbocycles. The maximum absolute atomic E-state index is 11.9. The molecular weight excluding hydrogens is 386 g/mol. The molecule has 11 heteroatoms. The maximum atomic E-state index is 11.9. The number of rotatable bonds is 3. The average Bonchev–Trinajstić information content (AvgIpc) is 2.79. The fourth-order valence-electron chi connectivity index (χ4n) is 2.30. The quantitative estimate of drug-likeness (QED) is 0.255. The Balaban J connectivity index is 0.00000208. The zero-order valence-corrected chi connectivity index (χ0v) is 17.9. The number of halogens is 2. The largest absolute Gasteiger partial charge is 0.422 e. The number of aryl methyl sites for hydroxylation is 1. The van der Waals surface area contributed by atoms with Gasteiger partial charge in [-0.3, -0.25) is 9.59 Å². The van der Waals surface area contributed by atoms with Crippen molar-refractivity contribution in [2.45, 2.75) is 32.6 Å². The van der Waals surface area contributed by atoms with Gasteiger partial charge in [0, 0.05) is 71.8 Å². The van der Waals surface area contributed by atoms with Crippen LogP contribution < -0.4 is 0 Å². The van der Waals surface area contributed by atoms with E-state index in [1.54, 1.807) is 4.57 Å². The normalized spacial score (nSPS) is 17.3. The maximum Gasteiger partial charge on any atom is 0.323 e. The molecule has 0 atom stereocenters. The Labute approximate surface area is 189 Å². The van der Waals surface area contributed by atoms with Crippen LogP contribution in [-0.4, -0.2) is 88.6 Å². The first-order chi connectivity index (χ1) is 10.8. The minimum Gasteiger partial charge on any atom is -0.422 e. The third kappa shape index (κ3) is 4.09. The van der Waals surface area contributed by atoms with Gasteiger partial charge in [0.1, 0.15) is 5.52 Å². The average molecular weight is 398 g/mol. The van der Waals surface area contributed by atoms with E-state index in [-0.39, 0.29) is 74.8 Å². The number of carbonyl (C=O) groups is 2. The van der Waals surface area contributed by atoms with Crippen LogP contribution >= 0.6 is 23.2 Å². The summed E-state index contributed by atoms with van der Waals surface area (Å²) in [7, 11) is 0. The van der Waals surface area contributed by atoms with Crippen LogP contribution in [0.15, 0.2) is 6.33 Å². The number of fused-ring (bicyclic) bond motifs is 1. The fraction of sp³-hybridized carbons (Fsp3) is 0.462. The predicted molar refractivity (Wildman–Crippen MR) is 85.5 cm³/mol. The number of ether oxygens (including phenoxy) is 2. The Bertz CT molecular complexity index is 791. The smallest absolute Gasteiger partial charge is 0.323 e. The first kappa shape index (κ1) is 20.0. The van der Waals surface area contributed by atoms with Gasteiger partial charge in [0.25, 0.3) is 5.79 Å². The van der Waals surface area contributed by atoms with E-state index < -0.39 is 23.6 Å². The molecule has 0 aromatic carbocycles. The summed E-state index contributed by atoms with van der Waals surface area (Å²) in [4.78, 5) is 35.8. The first-order valence-corrected chi connectivity index (χ1v) is 7.52. The van der Waals surface area contributed by atoms with E-state index in [1.807, 2.05) is 0 Å². The molecule has 2 aromatic heterocycles. The zero-order chi connectivity index (χ0) is 16.8. The van der Waals surface area contributed by atoms with E-state index >= 15 is 0 Å². The van der Waals surface area contributed by atoms with Crippen LogP contribution in [0.3, 0.4) is 0 Å². The molecule has 0 spiro atoms. The minimum absolute atomic E-state index is 0. The summed E-state index contributed by atoms with van der Waals surface area (Å²) < 4.78 is 11.8. The SMILES string of the molecule is CC1(C)OC(=O)C(CCn2cnc3c(Cl)nc(Cl)nc32)C(=O)O1.[K]. The molecular formula is C13H12Cl2KN4O4. The zero-order valence-electron chi connectivity index (χ0n) is 13.2. The monoisotopic (exact) mass is 397 g/mol. The van der Waals surface area contributed by atoms with E-state index in [0.717, 1.165) is 0 Å². The first-order valence-electron chi connectivity index (χ1n) is 6.76. The van der Waals surface area contributed by atoms with E-state index in [4.69, 9.17) is 32.7 Å². The van der Waals surface area contributed by atoms with Crippen molar-refractivity contribution in [3.8, 4) is 0 Å². The Morgan fingerprint density at radius 1 is 1.21 bits per heavy atom. The molecule has 0 N–H and O–H groups in total. The minimum atomic E-state index is -1.24. The molecule has 0 saturated carbocycles. The summed E-state index contributed by atoms with van der Waals surface area (Å²) >= 11 is 11.7. The van der Waals surface area contributed by atoms with Crippen molar-refractivity contribution in [2.24, 2.45) is 5.92 Å². The molecule has 24 heavy (non-hydrogen) atoms. The van der Waals surface area contributed by atoms with E-state index in [2.05, 4.69) is 15.0 Å². The van der Waals surface area contributed by atoms with Crippen LogP contribution in [-0.2, 0) is 25.6 Å². The Kier molecular flexibility index (Phi) is 6.28. The van der Waals surface area contributed by atoms with Gasteiger partial charge in [-0.05, 0) is 18.0 Å². The van der Waals surface area contributed by atoms with Crippen LogP contribution in [0.1, 0.15) is 20.3 Å². The van der Waals surface area contributed by atoms with Gasteiger partial charge in [-0.15, -0.1) is 0 Å². The van der Waals surface area contributed by atoms with Crippen molar-refractivity contribution < 1.29 is 19.1 Å². The predicted octanol–water partition coefficient (Wildman–Crippen LogP) is 1.59. The van der Waals surface area contributed by atoms with Gasteiger partial charge in [-0.2, -0.15) is 4.98 Å². The Morgan fingerprint density at radius 2 is 1.83 bits per heavy atom.